The fourth-order valence-electron chi connectivity index (χ4n) is 3.66. The molecule has 0 aliphatic heterocycles. The van der Waals surface area contributed by atoms with Crippen LogP contribution in [0.15, 0.2) is 66.7 Å². The van der Waals surface area contributed by atoms with Crippen LogP contribution in [0.5, 0.6) is 0 Å². The van der Waals surface area contributed by atoms with Crippen LogP contribution in [0.2, 0.25) is 0 Å². The third-order valence-corrected chi connectivity index (χ3v) is 5.70. The molecule has 0 saturated carbocycles. The molecule has 3 radical (unpaired) electrons. The van der Waals surface area contributed by atoms with Gasteiger partial charge in [0.15, 0.2) is 0 Å². The molecule has 5 aromatic rings. The molecule has 0 aliphatic rings. The van der Waals surface area contributed by atoms with Gasteiger partial charge in [-0.3, -0.25) is 0 Å². The van der Waals surface area contributed by atoms with Gasteiger partial charge < -0.3 is 0 Å². The monoisotopic (exact) mass is 371 g/mol. The quantitative estimate of drug-likeness (QED) is 0.214. The Hall–Kier alpha value is -1.80. The van der Waals surface area contributed by atoms with E-state index in [0.717, 1.165) is 0 Å². The van der Waals surface area contributed by atoms with Crippen molar-refractivity contribution >= 4 is 69.2 Å². The van der Waals surface area contributed by atoms with Gasteiger partial charge in [-0.1, -0.05) is 0 Å². The fourth-order valence-corrected chi connectivity index (χ4v) is 4.64. The van der Waals surface area contributed by atoms with Gasteiger partial charge in [0.05, 0.1) is 0 Å². The van der Waals surface area contributed by atoms with Crippen LogP contribution in [-0.2, 0) is 0 Å². The van der Waals surface area contributed by atoms with Gasteiger partial charge in [0.25, 0.3) is 0 Å². The van der Waals surface area contributed by atoms with Crippen molar-refractivity contribution in [2.75, 3.05) is 0 Å². The first-order valence-corrected chi connectivity index (χ1v) is 8.57. The van der Waals surface area contributed by atoms with E-state index in [9.17, 15) is 0 Å². The van der Waals surface area contributed by atoms with Gasteiger partial charge in [-0.25, -0.2) is 0 Å². The van der Waals surface area contributed by atoms with Crippen molar-refractivity contribution in [1.82, 2.24) is 0 Å². The van der Waals surface area contributed by atoms with Gasteiger partial charge in [0.1, 0.15) is 0 Å². The third kappa shape index (κ3) is 1.46. The van der Waals surface area contributed by atoms with Crippen LogP contribution in [0, 0.1) is 0 Å². The maximum atomic E-state index is 2.28. The van der Waals surface area contributed by atoms with E-state index in [2.05, 4.69) is 66.7 Å². The molecule has 21 heavy (non-hydrogen) atoms. The Morgan fingerprint density at radius 2 is 1.05 bits per heavy atom. The Labute approximate surface area is 135 Å². The average Bonchev–Trinajstić information content (AvgIpc) is 2.53. The van der Waals surface area contributed by atoms with Crippen molar-refractivity contribution in [2.24, 2.45) is 0 Å². The van der Waals surface area contributed by atoms with E-state index in [1.54, 1.807) is 0 Å². The van der Waals surface area contributed by atoms with Crippen molar-refractivity contribution in [1.29, 1.82) is 0 Å². The van der Waals surface area contributed by atoms with Crippen molar-refractivity contribution in [3.63, 3.8) is 0 Å². The van der Waals surface area contributed by atoms with Crippen molar-refractivity contribution in [2.45, 2.75) is 0 Å². The van der Waals surface area contributed by atoms with E-state index >= 15 is 0 Å². The molecular weight excluding hydrogens is 359 g/mol. The molecule has 95 valence electrons. The molecule has 0 aliphatic carbocycles. The molecule has 0 unspecified atom stereocenters. The molecule has 0 heterocycles. The molecule has 0 amide bonds. The van der Waals surface area contributed by atoms with Gasteiger partial charge in [-0.2, -0.15) is 0 Å². The summed E-state index contributed by atoms with van der Waals surface area (Å²) in [6.45, 7) is 0. The molecule has 0 aromatic heterocycles. The van der Waals surface area contributed by atoms with Crippen molar-refractivity contribution < 1.29 is 0 Å². The van der Waals surface area contributed by atoms with Gasteiger partial charge in [-0.05, 0) is 0 Å². The van der Waals surface area contributed by atoms with E-state index in [1.807, 2.05) is 0 Å². The molecule has 0 atom stereocenters. The van der Waals surface area contributed by atoms with Crippen LogP contribution in [0.4, 0.5) is 0 Å². The summed E-state index contributed by atoms with van der Waals surface area (Å²) in [7, 11) is 0. The topological polar surface area (TPSA) is 0 Å². The zero-order valence-corrected chi connectivity index (χ0v) is 14.2. The van der Waals surface area contributed by atoms with Gasteiger partial charge >= 0.3 is 136 Å². The van der Waals surface area contributed by atoms with E-state index in [0.29, 0.717) is 0 Å². The van der Waals surface area contributed by atoms with Crippen LogP contribution in [0.25, 0.3) is 43.1 Å². The minimum absolute atomic E-state index is 1.34. The first-order valence-electron chi connectivity index (χ1n) is 7.14. The molecule has 0 N–H and O–H groups in total. The average molecular weight is 370 g/mol. The molecule has 5 rings (SSSR count). The summed E-state index contributed by atoms with van der Waals surface area (Å²) in [5, 5.41) is 11.1. The molecule has 5 aromatic carbocycles. The van der Waals surface area contributed by atoms with E-state index in [1.165, 1.54) is 69.2 Å². The molecule has 0 nitrogen and oxygen atoms in total. The van der Waals surface area contributed by atoms with Crippen LogP contribution < -0.4 is 3.58 Å². The van der Waals surface area contributed by atoms with Gasteiger partial charge in [0, 0.05) is 0 Å². The maximum absolute atomic E-state index is 2.28. The van der Waals surface area contributed by atoms with Crippen LogP contribution >= 0.6 is 0 Å². The van der Waals surface area contributed by atoms with Gasteiger partial charge in [-0.15, -0.1) is 0 Å². The molecule has 0 saturated heterocycles. The van der Waals surface area contributed by atoms with Crippen LogP contribution in [0.3, 0.4) is 0 Å². The van der Waals surface area contributed by atoms with E-state index in [4.69, 9.17) is 0 Å². The number of hydrogen-bond acceptors (Lipinski definition) is 0. The Morgan fingerprint density at radius 1 is 0.476 bits per heavy atom. The van der Waals surface area contributed by atoms with Crippen LogP contribution in [-0.4, -0.2) is 22.5 Å². The van der Waals surface area contributed by atoms with E-state index < -0.39 is 0 Å². The Kier molecular flexibility index (Phi) is 2.31. The van der Waals surface area contributed by atoms with Crippen LogP contribution in [0.1, 0.15) is 0 Å². The first-order chi connectivity index (χ1) is 10.3. The first kappa shape index (κ1) is 11.8. The summed E-state index contributed by atoms with van der Waals surface area (Å²) in [5.41, 5.74) is 0. The summed E-state index contributed by atoms with van der Waals surface area (Å²) in [6, 6.07) is 24.6. The predicted molar refractivity (Wildman–Crippen MR) is 93.0 cm³/mol. The zero-order chi connectivity index (χ0) is 14.0. The SMILES string of the molecule is [Sn][c]1ccc2cccc3c4cccc5cccc(c1c23)c54. The Bertz CT molecular complexity index is 1130. The summed E-state index contributed by atoms with van der Waals surface area (Å²) in [6.07, 6.45) is 0. The predicted octanol–water partition coefficient (Wildman–Crippen LogP) is 4.53. The second-order valence-electron chi connectivity index (χ2n) is 5.60. The second kappa shape index (κ2) is 4.11. The normalized spacial score (nSPS) is 12.0. The number of benzene rings is 5. The number of hydrogen-bond donors (Lipinski definition) is 0. The molecule has 1 heteroatoms. The number of rotatable bonds is 0. The van der Waals surface area contributed by atoms with Crippen molar-refractivity contribution in [3.05, 3.63) is 66.7 Å². The third-order valence-electron chi connectivity index (χ3n) is 4.51. The molecule has 0 spiro atoms. The van der Waals surface area contributed by atoms with Gasteiger partial charge in [0.2, 0.25) is 0 Å². The van der Waals surface area contributed by atoms with E-state index in [-0.39, 0.29) is 0 Å². The van der Waals surface area contributed by atoms with Crippen molar-refractivity contribution in [3.8, 4) is 0 Å². The molecule has 0 fully saturated rings. The second-order valence-corrected chi connectivity index (χ2v) is 7.14. The summed E-state index contributed by atoms with van der Waals surface area (Å²) in [4.78, 5) is 0. The summed E-state index contributed by atoms with van der Waals surface area (Å²) >= 11 is 1.48. The molecular formula is C20H11Sn. The Balaban J connectivity index is 2.32. The molecule has 0 bridgehead atoms. The summed E-state index contributed by atoms with van der Waals surface area (Å²) in [5.74, 6) is 0. The number of fused-ring (bicyclic) bond motifs is 2. The Morgan fingerprint density at radius 3 is 1.76 bits per heavy atom. The zero-order valence-electron chi connectivity index (χ0n) is 11.4. The standard InChI is InChI=1S/C20H11.Sn/c1-5-13-6-2-11-17-18-12-4-8-14-7-3-10-16(20(14)18)15(9-1)19(13)17;/h1-11H;. The minimum atomic E-state index is 1.34. The fraction of sp³-hybridized carbons (Fsp3) is 0. The summed E-state index contributed by atoms with van der Waals surface area (Å²) < 4.78 is 1.45.